The van der Waals surface area contributed by atoms with Crippen molar-refractivity contribution in [2.75, 3.05) is 0 Å². The molecule has 0 amide bonds. The van der Waals surface area contributed by atoms with Crippen LogP contribution in [-0.4, -0.2) is 16.5 Å². The van der Waals surface area contributed by atoms with Gasteiger partial charge in [-0.25, -0.2) is 0 Å². The quantitative estimate of drug-likeness (QED) is 0.808. The first-order chi connectivity index (χ1) is 8.60. The molecule has 1 unspecified atom stereocenters. The third-order valence-corrected chi connectivity index (χ3v) is 3.73. The summed E-state index contributed by atoms with van der Waals surface area (Å²) in [5.41, 5.74) is 1.29. The topological polar surface area (TPSA) is 37.3 Å². The van der Waals surface area contributed by atoms with Gasteiger partial charge in [-0.2, -0.15) is 0 Å². The summed E-state index contributed by atoms with van der Waals surface area (Å²) in [5, 5.41) is 10.3. The Balaban J connectivity index is 1.76. The van der Waals surface area contributed by atoms with Crippen molar-refractivity contribution < 1.29 is 9.90 Å². The third-order valence-electron chi connectivity index (χ3n) is 3.73. The van der Waals surface area contributed by atoms with Crippen molar-refractivity contribution >= 4 is 5.78 Å². The van der Waals surface area contributed by atoms with Gasteiger partial charge in [-0.1, -0.05) is 30.3 Å². The average Bonchev–Trinajstić information content (AvgIpc) is 2.60. The highest BCUT2D eigenvalue weighted by Crippen LogP contribution is 2.32. The number of rotatable bonds is 5. The second-order valence-electron chi connectivity index (χ2n) is 5.19. The minimum absolute atomic E-state index is 0.0538. The summed E-state index contributed by atoms with van der Waals surface area (Å²) in [5.74, 6) is 0.0538. The Kier molecular flexibility index (Phi) is 3.97. The van der Waals surface area contributed by atoms with Gasteiger partial charge in [0.05, 0.1) is 5.60 Å². The first kappa shape index (κ1) is 13.0. The van der Waals surface area contributed by atoms with Crippen LogP contribution in [0.4, 0.5) is 0 Å². The minimum atomic E-state index is -0.867. The maximum atomic E-state index is 11.3. The number of carbonyl (C=O) groups excluding carboxylic acids is 1. The molecule has 0 spiro atoms. The van der Waals surface area contributed by atoms with E-state index in [0.717, 1.165) is 24.8 Å². The summed E-state index contributed by atoms with van der Waals surface area (Å²) in [6.45, 7) is 1.85. The number of aryl methyl sites for hydroxylation is 1. The highest BCUT2D eigenvalue weighted by atomic mass is 16.3. The normalized spacial score (nSPS) is 23.2. The molecule has 0 saturated heterocycles. The minimum Gasteiger partial charge on any atom is -0.385 e. The number of allylic oxidation sites excluding steroid dienone is 1. The summed E-state index contributed by atoms with van der Waals surface area (Å²) < 4.78 is 0. The number of unbranched alkanes of at least 4 members (excludes halogenated alkanes) is 1. The molecule has 0 aliphatic heterocycles. The van der Waals surface area contributed by atoms with E-state index in [1.165, 1.54) is 5.56 Å². The van der Waals surface area contributed by atoms with Crippen molar-refractivity contribution in [2.24, 2.45) is 0 Å². The van der Waals surface area contributed by atoms with Gasteiger partial charge in [0.1, 0.15) is 0 Å². The van der Waals surface area contributed by atoms with E-state index in [-0.39, 0.29) is 12.2 Å². The average molecular weight is 244 g/mol. The molecule has 2 heteroatoms. The Morgan fingerprint density at radius 1 is 1.22 bits per heavy atom. The second kappa shape index (κ2) is 5.49. The van der Waals surface area contributed by atoms with Crippen LogP contribution in [0.1, 0.15) is 38.2 Å². The number of carbonyl (C=O) groups is 1. The Morgan fingerprint density at radius 2 is 1.94 bits per heavy atom. The van der Waals surface area contributed by atoms with E-state index in [4.69, 9.17) is 0 Å². The van der Waals surface area contributed by atoms with Crippen molar-refractivity contribution in [1.82, 2.24) is 0 Å². The fourth-order valence-electron chi connectivity index (χ4n) is 2.53. The van der Waals surface area contributed by atoms with Crippen LogP contribution in [0, 0.1) is 0 Å². The SMILES string of the molecule is CC1=CC(=O)CC1(O)CCCCc1ccccc1. The predicted octanol–water partition coefficient (Wildman–Crippen LogP) is 3.05. The molecule has 0 heterocycles. The predicted molar refractivity (Wildman–Crippen MR) is 72.3 cm³/mol. The van der Waals surface area contributed by atoms with Crippen LogP contribution in [0.5, 0.6) is 0 Å². The molecule has 1 atom stereocenters. The first-order valence-electron chi connectivity index (χ1n) is 6.58. The molecule has 0 bridgehead atoms. The van der Waals surface area contributed by atoms with Crippen molar-refractivity contribution in [2.45, 2.75) is 44.6 Å². The van der Waals surface area contributed by atoms with Crippen molar-refractivity contribution in [3.8, 4) is 0 Å². The number of aliphatic hydroxyl groups is 1. The Bertz CT molecular complexity index is 447. The van der Waals surface area contributed by atoms with Crippen LogP contribution >= 0.6 is 0 Å². The number of hydrogen-bond donors (Lipinski definition) is 1. The smallest absolute Gasteiger partial charge is 0.158 e. The molecule has 1 aliphatic carbocycles. The first-order valence-corrected chi connectivity index (χ1v) is 6.58. The molecule has 2 nitrogen and oxygen atoms in total. The van der Waals surface area contributed by atoms with E-state index in [1.54, 1.807) is 6.08 Å². The zero-order chi connectivity index (χ0) is 13.0. The van der Waals surface area contributed by atoms with Crippen LogP contribution < -0.4 is 0 Å². The number of hydrogen-bond acceptors (Lipinski definition) is 2. The van der Waals surface area contributed by atoms with Gasteiger partial charge in [0, 0.05) is 6.42 Å². The zero-order valence-corrected chi connectivity index (χ0v) is 10.9. The summed E-state index contributed by atoms with van der Waals surface area (Å²) >= 11 is 0. The van der Waals surface area contributed by atoms with Gasteiger partial charge in [-0.05, 0) is 49.8 Å². The number of ketones is 1. The molecule has 1 aromatic rings. The number of benzene rings is 1. The van der Waals surface area contributed by atoms with Crippen LogP contribution in [0.2, 0.25) is 0 Å². The van der Waals surface area contributed by atoms with E-state index in [0.29, 0.717) is 6.42 Å². The molecule has 96 valence electrons. The molecule has 0 saturated carbocycles. The molecule has 0 fully saturated rings. The van der Waals surface area contributed by atoms with Crippen LogP contribution in [0.15, 0.2) is 42.0 Å². The summed E-state index contributed by atoms with van der Waals surface area (Å²) in [7, 11) is 0. The maximum Gasteiger partial charge on any atom is 0.158 e. The highest BCUT2D eigenvalue weighted by molar-refractivity contribution is 5.94. The van der Waals surface area contributed by atoms with Gasteiger partial charge in [0.2, 0.25) is 0 Å². The summed E-state index contributed by atoms with van der Waals surface area (Å²) in [6, 6.07) is 10.4. The Labute approximate surface area is 108 Å². The molecule has 0 radical (unpaired) electrons. The highest BCUT2D eigenvalue weighted by Gasteiger charge is 2.35. The second-order valence-corrected chi connectivity index (χ2v) is 5.19. The summed E-state index contributed by atoms with van der Waals surface area (Å²) in [4.78, 5) is 11.3. The van der Waals surface area contributed by atoms with Gasteiger partial charge in [-0.15, -0.1) is 0 Å². The molecule has 2 rings (SSSR count). The van der Waals surface area contributed by atoms with Crippen molar-refractivity contribution in [1.29, 1.82) is 0 Å². The molecule has 0 aromatic heterocycles. The van der Waals surface area contributed by atoms with Gasteiger partial charge in [-0.3, -0.25) is 4.79 Å². The largest absolute Gasteiger partial charge is 0.385 e. The third kappa shape index (κ3) is 3.08. The molecule has 1 N–H and O–H groups in total. The van der Waals surface area contributed by atoms with Gasteiger partial charge in [0.25, 0.3) is 0 Å². The van der Waals surface area contributed by atoms with Crippen LogP contribution in [0.25, 0.3) is 0 Å². The van der Waals surface area contributed by atoms with Gasteiger partial charge < -0.3 is 5.11 Å². The van der Waals surface area contributed by atoms with E-state index in [1.807, 2.05) is 25.1 Å². The molecular weight excluding hydrogens is 224 g/mol. The lowest BCUT2D eigenvalue weighted by Crippen LogP contribution is -2.27. The van der Waals surface area contributed by atoms with Crippen LogP contribution in [0.3, 0.4) is 0 Å². The van der Waals surface area contributed by atoms with Crippen molar-refractivity contribution in [3.05, 3.63) is 47.5 Å². The lowest BCUT2D eigenvalue weighted by Gasteiger charge is -2.23. The van der Waals surface area contributed by atoms with E-state index < -0.39 is 5.60 Å². The lowest BCUT2D eigenvalue weighted by atomic mass is 9.90. The van der Waals surface area contributed by atoms with E-state index >= 15 is 0 Å². The summed E-state index contributed by atoms with van der Waals surface area (Å²) in [6.07, 6.45) is 5.57. The van der Waals surface area contributed by atoms with Gasteiger partial charge >= 0.3 is 0 Å². The Morgan fingerprint density at radius 3 is 2.56 bits per heavy atom. The van der Waals surface area contributed by atoms with Crippen LogP contribution in [-0.2, 0) is 11.2 Å². The molecule has 1 aromatic carbocycles. The molecule has 18 heavy (non-hydrogen) atoms. The fourth-order valence-corrected chi connectivity index (χ4v) is 2.53. The molecule has 1 aliphatic rings. The lowest BCUT2D eigenvalue weighted by molar-refractivity contribution is -0.116. The van der Waals surface area contributed by atoms with Gasteiger partial charge in [0.15, 0.2) is 5.78 Å². The van der Waals surface area contributed by atoms with Crippen molar-refractivity contribution in [3.63, 3.8) is 0 Å². The zero-order valence-electron chi connectivity index (χ0n) is 10.9. The fraction of sp³-hybridized carbons (Fsp3) is 0.438. The Hall–Kier alpha value is -1.41. The standard InChI is InChI=1S/C16H20O2/c1-13-11-15(17)12-16(13,18)10-6-5-9-14-7-3-2-4-8-14/h2-4,7-8,11,18H,5-6,9-10,12H2,1H3. The van der Waals surface area contributed by atoms with E-state index in [9.17, 15) is 9.90 Å². The maximum absolute atomic E-state index is 11.3. The monoisotopic (exact) mass is 244 g/mol. The van der Waals surface area contributed by atoms with E-state index in [2.05, 4.69) is 12.1 Å². The molecular formula is C16H20O2.